The fraction of sp³-hybridized carbons (Fsp3) is 0.474. The lowest BCUT2D eigenvalue weighted by atomic mass is 9.97. The van der Waals surface area contributed by atoms with Gasteiger partial charge in [-0.05, 0) is 25.0 Å². The first-order chi connectivity index (χ1) is 13.9. The van der Waals surface area contributed by atoms with Crippen LogP contribution in [0.2, 0.25) is 0 Å². The molecule has 5 heterocycles. The first-order valence-electron chi connectivity index (χ1n) is 9.84. The summed E-state index contributed by atoms with van der Waals surface area (Å²) >= 11 is 0. The molecule has 0 aliphatic carbocycles. The minimum absolute atomic E-state index is 0.346. The van der Waals surface area contributed by atoms with Gasteiger partial charge in [-0.25, -0.2) is 19.9 Å². The lowest BCUT2D eigenvalue weighted by Crippen LogP contribution is -2.36. The van der Waals surface area contributed by atoms with Crippen LogP contribution in [-0.4, -0.2) is 60.9 Å². The van der Waals surface area contributed by atoms with Crippen molar-refractivity contribution in [2.24, 2.45) is 0 Å². The Morgan fingerprint density at radius 2 is 1.46 bits per heavy atom. The number of hydrogen-bond acceptors (Lipinski definition) is 8. The van der Waals surface area contributed by atoms with E-state index < -0.39 is 0 Å². The third-order valence-corrected chi connectivity index (χ3v) is 5.51. The lowest BCUT2D eigenvalue weighted by molar-refractivity contribution is 0.465. The number of anilines is 2. The molecule has 1 atom stereocenters. The quantitative estimate of drug-likeness (QED) is 0.675. The molecular formula is C19H23N9. The molecule has 1 unspecified atom stereocenters. The van der Waals surface area contributed by atoms with Crippen LogP contribution >= 0.6 is 0 Å². The van der Waals surface area contributed by atoms with Gasteiger partial charge in [0.2, 0.25) is 11.9 Å². The fourth-order valence-corrected chi connectivity index (χ4v) is 4.13. The van der Waals surface area contributed by atoms with Crippen LogP contribution in [0.4, 0.5) is 11.9 Å². The maximum absolute atomic E-state index is 4.58. The highest BCUT2D eigenvalue weighted by atomic mass is 15.3. The van der Waals surface area contributed by atoms with Crippen molar-refractivity contribution < 1.29 is 0 Å². The molecule has 2 aliphatic heterocycles. The largest absolute Gasteiger partial charge is 0.340 e. The number of fused-ring (bicyclic) bond motifs is 1. The molecule has 0 aromatic carbocycles. The molecule has 144 valence electrons. The molecule has 0 N–H and O–H groups in total. The van der Waals surface area contributed by atoms with Crippen LogP contribution in [0, 0.1) is 0 Å². The zero-order chi connectivity index (χ0) is 18.8. The van der Waals surface area contributed by atoms with Crippen molar-refractivity contribution in [3.63, 3.8) is 0 Å². The van der Waals surface area contributed by atoms with E-state index in [9.17, 15) is 0 Å². The Morgan fingerprint density at radius 3 is 2.21 bits per heavy atom. The Balaban J connectivity index is 1.34. The second-order valence-electron chi connectivity index (χ2n) is 7.25. The van der Waals surface area contributed by atoms with Gasteiger partial charge in [0.1, 0.15) is 11.6 Å². The van der Waals surface area contributed by atoms with Gasteiger partial charge in [-0.3, -0.25) is 0 Å². The van der Waals surface area contributed by atoms with Crippen LogP contribution < -0.4 is 9.80 Å². The van der Waals surface area contributed by atoms with Gasteiger partial charge in [0.15, 0.2) is 0 Å². The second kappa shape index (κ2) is 7.49. The van der Waals surface area contributed by atoms with Gasteiger partial charge in [0.05, 0.1) is 0 Å². The normalized spacial score (nSPS) is 19.9. The van der Waals surface area contributed by atoms with Gasteiger partial charge in [-0.15, -0.1) is 10.2 Å². The minimum Gasteiger partial charge on any atom is -0.340 e. The van der Waals surface area contributed by atoms with Gasteiger partial charge in [0.25, 0.3) is 0 Å². The Bertz CT molecular complexity index is 912. The van der Waals surface area contributed by atoms with E-state index >= 15 is 0 Å². The first kappa shape index (κ1) is 17.0. The second-order valence-corrected chi connectivity index (χ2v) is 7.25. The molecule has 9 heteroatoms. The van der Waals surface area contributed by atoms with Crippen LogP contribution in [0.3, 0.4) is 0 Å². The Kier molecular flexibility index (Phi) is 4.56. The van der Waals surface area contributed by atoms with Gasteiger partial charge < -0.3 is 14.4 Å². The third kappa shape index (κ3) is 3.28. The molecule has 1 saturated heterocycles. The zero-order valence-corrected chi connectivity index (χ0v) is 15.7. The molecule has 28 heavy (non-hydrogen) atoms. The number of piperidine rings is 1. The predicted molar refractivity (Wildman–Crippen MR) is 104 cm³/mol. The molecule has 0 saturated carbocycles. The topological polar surface area (TPSA) is 88.8 Å². The summed E-state index contributed by atoms with van der Waals surface area (Å²) in [5, 5.41) is 9.10. The van der Waals surface area contributed by atoms with Crippen molar-refractivity contribution in [3.05, 3.63) is 48.6 Å². The summed E-state index contributed by atoms with van der Waals surface area (Å²) in [6.45, 7) is 4.44. The Hall–Kier alpha value is -3.10. The summed E-state index contributed by atoms with van der Waals surface area (Å²) in [7, 11) is 0. The molecule has 5 rings (SSSR count). The van der Waals surface area contributed by atoms with Crippen LogP contribution in [0.5, 0.6) is 0 Å². The summed E-state index contributed by atoms with van der Waals surface area (Å²) in [5.41, 5.74) is 0. The number of aromatic nitrogens is 7. The molecule has 0 spiro atoms. The average molecular weight is 377 g/mol. The van der Waals surface area contributed by atoms with Gasteiger partial charge >= 0.3 is 0 Å². The minimum atomic E-state index is 0.346. The summed E-state index contributed by atoms with van der Waals surface area (Å²) in [6.07, 6.45) is 10.3. The SMILES string of the molecule is c1cnc(N2CCc3nnc(C4CCCN(c5ncccn5)C4)n3CC2)nc1. The number of hydrogen-bond donors (Lipinski definition) is 0. The number of rotatable bonds is 3. The molecule has 3 aromatic rings. The van der Waals surface area contributed by atoms with Crippen LogP contribution in [0.1, 0.15) is 30.4 Å². The van der Waals surface area contributed by atoms with Crippen LogP contribution in [0.25, 0.3) is 0 Å². The Labute approximate surface area is 163 Å². The maximum atomic E-state index is 4.58. The molecule has 3 aromatic heterocycles. The van der Waals surface area contributed by atoms with Gasteiger partial charge in [-0.2, -0.15) is 0 Å². The van der Waals surface area contributed by atoms with Crippen molar-refractivity contribution in [2.75, 3.05) is 36.0 Å². The maximum Gasteiger partial charge on any atom is 0.225 e. The van der Waals surface area contributed by atoms with E-state index in [1.807, 2.05) is 12.1 Å². The van der Waals surface area contributed by atoms with E-state index in [2.05, 4.69) is 44.5 Å². The molecule has 2 aliphatic rings. The molecule has 0 amide bonds. The highest BCUT2D eigenvalue weighted by Gasteiger charge is 2.29. The summed E-state index contributed by atoms with van der Waals surface area (Å²) in [4.78, 5) is 22.1. The lowest BCUT2D eigenvalue weighted by Gasteiger charge is -2.32. The van der Waals surface area contributed by atoms with Gasteiger partial charge in [0, 0.05) is 69.8 Å². The van der Waals surface area contributed by atoms with E-state index in [0.29, 0.717) is 5.92 Å². The standard InChI is InChI=1S/C19H23N9/c1-4-15(14-27(10-1)19-22-8-3-9-23-19)17-25-24-16-5-11-26(12-13-28(16)17)18-20-6-2-7-21-18/h2-3,6-9,15H,1,4-5,10-14H2. The predicted octanol–water partition coefficient (Wildman–Crippen LogP) is 1.30. The zero-order valence-electron chi connectivity index (χ0n) is 15.7. The smallest absolute Gasteiger partial charge is 0.225 e. The molecule has 0 radical (unpaired) electrons. The van der Waals surface area contributed by atoms with Crippen molar-refractivity contribution in [3.8, 4) is 0 Å². The number of nitrogens with zero attached hydrogens (tertiary/aromatic N) is 9. The van der Waals surface area contributed by atoms with Crippen molar-refractivity contribution >= 4 is 11.9 Å². The monoisotopic (exact) mass is 377 g/mol. The molecule has 1 fully saturated rings. The summed E-state index contributed by atoms with van der Waals surface area (Å²) in [6, 6.07) is 3.70. The van der Waals surface area contributed by atoms with E-state index in [1.54, 1.807) is 24.8 Å². The molecular weight excluding hydrogens is 354 g/mol. The van der Waals surface area contributed by atoms with Gasteiger partial charge in [-0.1, -0.05) is 0 Å². The average Bonchev–Trinajstić information content (AvgIpc) is 3.06. The van der Waals surface area contributed by atoms with Crippen molar-refractivity contribution in [2.45, 2.75) is 31.7 Å². The van der Waals surface area contributed by atoms with E-state index in [4.69, 9.17) is 0 Å². The van der Waals surface area contributed by atoms with E-state index in [1.165, 1.54) is 0 Å². The van der Waals surface area contributed by atoms with Crippen LogP contribution in [0.15, 0.2) is 36.9 Å². The van der Waals surface area contributed by atoms with Crippen molar-refractivity contribution in [1.29, 1.82) is 0 Å². The first-order valence-corrected chi connectivity index (χ1v) is 9.84. The molecule has 0 bridgehead atoms. The Morgan fingerprint density at radius 1 is 0.750 bits per heavy atom. The van der Waals surface area contributed by atoms with Crippen molar-refractivity contribution in [1.82, 2.24) is 34.7 Å². The third-order valence-electron chi connectivity index (χ3n) is 5.51. The van der Waals surface area contributed by atoms with E-state index in [-0.39, 0.29) is 0 Å². The highest BCUT2D eigenvalue weighted by molar-refractivity contribution is 5.32. The fourth-order valence-electron chi connectivity index (χ4n) is 4.13. The molecule has 9 nitrogen and oxygen atoms in total. The highest BCUT2D eigenvalue weighted by Crippen LogP contribution is 2.28. The van der Waals surface area contributed by atoms with Crippen LogP contribution in [-0.2, 0) is 13.0 Å². The summed E-state index contributed by atoms with van der Waals surface area (Å²) < 4.78 is 2.31. The summed E-state index contributed by atoms with van der Waals surface area (Å²) in [5.74, 6) is 4.08. The van der Waals surface area contributed by atoms with E-state index in [0.717, 1.165) is 75.5 Å².